The first-order valence-corrected chi connectivity index (χ1v) is 9.07. The second kappa shape index (κ2) is 6.70. The van der Waals surface area contributed by atoms with E-state index in [4.69, 9.17) is 0 Å². The van der Waals surface area contributed by atoms with Gasteiger partial charge in [-0.05, 0) is 49.4 Å². The highest BCUT2D eigenvalue weighted by Gasteiger charge is 2.18. The van der Waals surface area contributed by atoms with Crippen molar-refractivity contribution in [3.8, 4) is 10.7 Å². The van der Waals surface area contributed by atoms with Crippen molar-refractivity contribution in [1.29, 1.82) is 0 Å². The highest BCUT2D eigenvalue weighted by Crippen LogP contribution is 2.25. The van der Waals surface area contributed by atoms with Gasteiger partial charge in [0.05, 0.1) is 10.4 Å². The molecule has 1 aliphatic heterocycles. The van der Waals surface area contributed by atoms with Crippen LogP contribution in [0.4, 0.5) is 0 Å². The molecule has 1 atom stereocenters. The highest BCUT2D eigenvalue weighted by molar-refractivity contribution is 7.13. The first-order valence-electron chi connectivity index (χ1n) is 8.19. The zero-order chi connectivity index (χ0) is 16.4. The molecule has 4 heterocycles. The van der Waals surface area contributed by atoms with Gasteiger partial charge < -0.3 is 15.6 Å². The van der Waals surface area contributed by atoms with Crippen molar-refractivity contribution >= 4 is 28.4 Å². The number of fused-ring (bicyclic) bond motifs is 1. The minimum atomic E-state index is -0.0859. The van der Waals surface area contributed by atoms with Crippen molar-refractivity contribution in [3.05, 3.63) is 35.3 Å². The summed E-state index contributed by atoms with van der Waals surface area (Å²) in [5.41, 5.74) is 1.84. The van der Waals surface area contributed by atoms with Crippen LogP contribution in [-0.2, 0) is 0 Å². The molecule has 1 fully saturated rings. The number of nitrogens with one attached hydrogen (secondary N) is 3. The number of thiophene rings is 1. The van der Waals surface area contributed by atoms with Gasteiger partial charge in [-0.25, -0.2) is 9.97 Å². The van der Waals surface area contributed by atoms with Crippen molar-refractivity contribution in [2.24, 2.45) is 5.92 Å². The van der Waals surface area contributed by atoms with Crippen molar-refractivity contribution < 1.29 is 4.79 Å². The van der Waals surface area contributed by atoms with Crippen LogP contribution in [0.25, 0.3) is 21.9 Å². The molecule has 1 amide bonds. The molecule has 3 aromatic heterocycles. The number of carbonyl (C=O) groups excluding carboxylic acids is 1. The lowest BCUT2D eigenvalue weighted by atomic mass is 10.00. The summed E-state index contributed by atoms with van der Waals surface area (Å²) in [6, 6.07) is 5.71. The number of pyridine rings is 1. The van der Waals surface area contributed by atoms with Gasteiger partial charge in [0, 0.05) is 12.7 Å². The third-order valence-corrected chi connectivity index (χ3v) is 5.21. The molecule has 1 saturated heterocycles. The molecular weight excluding hydrogens is 322 g/mol. The molecular formula is C17H19N5OS. The Bertz CT molecular complexity index is 836. The number of piperidine rings is 1. The van der Waals surface area contributed by atoms with Crippen molar-refractivity contribution in [2.45, 2.75) is 12.8 Å². The predicted octanol–water partition coefficient (Wildman–Crippen LogP) is 2.42. The smallest absolute Gasteiger partial charge is 0.253 e. The number of carbonyl (C=O) groups is 1. The molecule has 0 bridgehead atoms. The minimum Gasteiger partial charge on any atom is -0.352 e. The van der Waals surface area contributed by atoms with Gasteiger partial charge in [0.1, 0.15) is 11.3 Å². The average molecular weight is 341 g/mol. The predicted molar refractivity (Wildman–Crippen MR) is 95.1 cm³/mol. The maximum atomic E-state index is 12.6. The highest BCUT2D eigenvalue weighted by atomic mass is 32.1. The van der Waals surface area contributed by atoms with Crippen LogP contribution >= 0.6 is 11.3 Å². The standard InChI is InChI=1S/C17H19N5OS/c23-17(20-10-11-3-1-6-18-9-11)12-5-7-19-16-14(12)21-15(22-16)13-4-2-8-24-13/h2,4-5,7-8,11,18H,1,3,6,9-10H2,(H,20,23)(H,19,21,22)/t11-/m1/s1. The van der Waals surface area contributed by atoms with E-state index in [2.05, 4.69) is 25.6 Å². The molecule has 6 nitrogen and oxygen atoms in total. The lowest BCUT2D eigenvalue weighted by molar-refractivity contribution is 0.0946. The Morgan fingerprint density at radius 2 is 2.38 bits per heavy atom. The summed E-state index contributed by atoms with van der Waals surface area (Å²) in [7, 11) is 0. The first kappa shape index (κ1) is 15.3. The van der Waals surface area contributed by atoms with Crippen LogP contribution in [0.3, 0.4) is 0 Å². The largest absolute Gasteiger partial charge is 0.352 e. The van der Waals surface area contributed by atoms with E-state index in [0.29, 0.717) is 29.2 Å². The topological polar surface area (TPSA) is 82.7 Å². The Morgan fingerprint density at radius 1 is 1.42 bits per heavy atom. The van der Waals surface area contributed by atoms with Crippen LogP contribution in [0, 0.1) is 5.92 Å². The van der Waals surface area contributed by atoms with Crippen LogP contribution in [0.15, 0.2) is 29.8 Å². The maximum absolute atomic E-state index is 12.6. The summed E-state index contributed by atoms with van der Waals surface area (Å²) in [6.07, 6.45) is 3.98. The zero-order valence-corrected chi connectivity index (χ0v) is 14.0. The van der Waals surface area contributed by atoms with Crippen molar-refractivity contribution in [2.75, 3.05) is 19.6 Å². The number of rotatable bonds is 4. The van der Waals surface area contributed by atoms with E-state index in [0.717, 1.165) is 30.2 Å². The van der Waals surface area contributed by atoms with E-state index < -0.39 is 0 Å². The molecule has 3 N–H and O–H groups in total. The van der Waals surface area contributed by atoms with Crippen LogP contribution < -0.4 is 10.6 Å². The molecule has 0 saturated carbocycles. The van der Waals surface area contributed by atoms with Crippen LogP contribution in [-0.4, -0.2) is 40.5 Å². The summed E-state index contributed by atoms with van der Waals surface area (Å²) in [6.45, 7) is 2.74. The fourth-order valence-electron chi connectivity index (χ4n) is 3.05. The molecule has 0 aromatic carbocycles. The van der Waals surface area contributed by atoms with E-state index in [1.165, 1.54) is 6.42 Å². The Labute approximate surface area is 143 Å². The molecule has 0 radical (unpaired) electrons. The fourth-order valence-corrected chi connectivity index (χ4v) is 3.72. The van der Waals surface area contributed by atoms with E-state index in [1.807, 2.05) is 17.5 Å². The number of imidazole rings is 1. The van der Waals surface area contributed by atoms with E-state index in [1.54, 1.807) is 23.6 Å². The molecule has 0 unspecified atom stereocenters. The lowest BCUT2D eigenvalue weighted by Crippen LogP contribution is -2.38. The molecule has 24 heavy (non-hydrogen) atoms. The zero-order valence-electron chi connectivity index (χ0n) is 13.2. The summed E-state index contributed by atoms with van der Waals surface area (Å²) < 4.78 is 0. The second-order valence-corrected chi connectivity index (χ2v) is 6.99. The number of hydrogen-bond acceptors (Lipinski definition) is 5. The molecule has 0 spiro atoms. The van der Waals surface area contributed by atoms with Crippen LogP contribution in [0.5, 0.6) is 0 Å². The van der Waals surface area contributed by atoms with Crippen molar-refractivity contribution in [3.63, 3.8) is 0 Å². The molecule has 7 heteroatoms. The Morgan fingerprint density at radius 3 is 3.17 bits per heavy atom. The minimum absolute atomic E-state index is 0.0859. The molecule has 0 aliphatic carbocycles. The molecule has 3 aromatic rings. The van der Waals surface area contributed by atoms with Gasteiger partial charge in [-0.1, -0.05) is 6.07 Å². The first-order chi connectivity index (χ1) is 11.8. The lowest BCUT2D eigenvalue weighted by Gasteiger charge is -2.22. The number of hydrogen-bond donors (Lipinski definition) is 3. The quantitative estimate of drug-likeness (QED) is 0.680. The number of aromatic nitrogens is 3. The molecule has 124 valence electrons. The van der Waals surface area contributed by atoms with E-state index >= 15 is 0 Å². The summed E-state index contributed by atoms with van der Waals surface area (Å²) in [4.78, 5) is 25.7. The van der Waals surface area contributed by atoms with Gasteiger partial charge >= 0.3 is 0 Å². The monoisotopic (exact) mass is 341 g/mol. The van der Waals surface area contributed by atoms with Crippen molar-refractivity contribution in [1.82, 2.24) is 25.6 Å². The van der Waals surface area contributed by atoms with Crippen LogP contribution in [0.1, 0.15) is 23.2 Å². The van der Waals surface area contributed by atoms with Crippen LogP contribution in [0.2, 0.25) is 0 Å². The number of H-pyrrole nitrogens is 1. The summed E-state index contributed by atoms with van der Waals surface area (Å²) in [5, 5.41) is 8.42. The van der Waals surface area contributed by atoms with Gasteiger partial charge in [-0.15, -0.1) is 11.3 Å². The number of nitrogens with zero attached hydrogens (tertiary/aromatic N) is 2. The summed E-state index contributed by atoms with van der Waals surface area (Å²) in [5.74, 6) is 1.17. The number of aromatic amines is 1. The van der Waals surface area contributed by atoms with Gasteiger partial charge in [-0.3, -0.25) is 4.79 Å². The second-order valence-electron chi connectivity index (χ2n) is 6.04. The van der Waals surface area contributed by atoms with Gasteiger partial charge in [-0.2, -0.15) is 0 Å². The summed E-state index contributed by atoms with van der Waals surface area (Å²) >= 11 is 1.61. The SMILES string of the molecule is O=C(NC[C@@H]1CCCNC1)c1ccnc2[nH]c(-c3cccs3)nc12. The average Bonchev–Trinajstić information content (AvgIpc) is 3.29. The van der Waals surface area contributed by atoms with Gasteiger partial charge in [0.25, 0.3) is 5.91 Å². The Balaban J connectivity index is 1.55. The fraction of sp³-hybridized carbons (Fsp3) is 0.353. The van der Waals surface area contributed by atoms with Gasteiger partial charge in [0.15, 0.2) is 5.65 Å². The normalized spacial score (nSPS) is 17.9. The molecule has 1 aliphatic rings. The van der Waals surface area contributed by atoms with E-state index in [-0.39, 0.29) is 5.91 Å². The van der Waals surface area contributed by atoms with E-state index in [9.17, 15) is 4.79 Å². The maximum Gasteiger partial charge on any atom is 0.253 e. The van der Waals surface area contributed by atoms with Gasteiger partial charge in [0.2, 0.25) is 0 Å². The Hall–Kier alpha value is -2.25. The molecule has 4 rings (SSSR count). The Kier molecular flexibility index (Phi) is 4.27. The number of amides is 1. The third kappa shape index (κ3) is 3.05. The third-order valence-electron chi connectivity index (χ3n) is 4.33.